The third-order valence-electron chi connectivity index (χ3n) is 3.24. The van der Waals surface area contributed by atoms with Gasteiger partial charge in [-0.05, 0) is 32.4 Å². The van der Waals surface area contributed by atoms with E-state index in [2.05, 4.69) is 10.4 Å². The molecule has 1 heterocycles. The Bertz CT molecular complexity index is 706. The van der Waals surface area contributed by atoms with Gasteiger partial charge in [0, 0.05) is 5.69 Å². The second kappa shape index (κ2) is 5.74. The van der Waals surface area contributed by atoms with Crippen LogP contribution < -0.4 is 5.32 Å². The Balaban J connectivity index is 2.16. The molecule has 21 heavy (non-hydrogen) atoms. The summed E-state index contributed by atoms with van der Waals surface area (Å²) in [5.74, 6) is -0.273. The molecule has 2 rings (SSSR count). The number of hydrogen-bond acceptors (Lipinski definition) is 4. The van der Waals surface area contributed by atoms with Crippen molar-refractivity contribution >= 4 is 17.3 Å². The van der Waals surface area contributed by atoms with Crippen molar-refractivity contribution in [1.82, 2.24) is 9.78 Å². The van der Waals surface area contributed by atoms with Crippen molar-refractivity contribution in [2.24, 2.45) is 0 Å². The molecule has 0 aliphatic carbocycles. The lowest BCUT2D eigenvalue weighted by atomic mass is 10.2. The molecule has 0 spiro atoms. The predicted molar refractivity (Wildman–Crippen MR) is 78.2 cm³/mol. The normalized spacial score (nSPS) is 10.4. The lowest BCUT2D eigenvalue weighted by molar-refractivity contribution is -0.386. The number of nitrogens with zero attached hydrogens (tertiary/aromatic N) is 3. The van der Waals surface area contributed by atoms with Crippen LogP contribution in [0.25, 0.3) is 0 Å². The van der Waals surface area contributed by atoms with Crippen molar-refractivity contribution in [1.29, 1.82) is 0 Å². The molecule has 0 aliphatic rings. The van der Waals surface area contributed by atoms with E-state index in [9.17, 15) is 14.9 Å². The van der Waals surface area contributed by atoms with Crippen molar-refractivity contribution in [3.8, 4) is 0 Å². The number of nitrogens with one attached hydrogen (secondary N) is 1. The van der Waals surface area contributed by atoms with Gasteiger partial charge in [-0.2, -0.15) is 5.10 Å². The van der Waals surface area contributed by atoms with Gasteiger partial charge in [-0.1, -0.05) is 18.2 Å². The highest BCUT2D eigenvalue weighted by molar-refractivity contribution is 5.91. The first kappa shape index (κ1) is 14.7. The first-order valence-corrected chi connectivity index (χ1v) is 6.44. The van der Waals surface area contributed by atoms with Crippen LogP contribution in [0.1, 0.15) is 17.0 Å². The molecule has 0 unspecified atom stereocenters. The van der Waals surface area contributed by atoms with E-state index >= 15 is 0 Å². The van der Waals surface area contributed by atoms with Gasteiger partial charge in [-0.15, -0.1) is 0 Å². The molecule has 1 amide bonds. The molecule has 0 fully saturated rings. The van der Waals surface area contributed by atoms with E-state index in [1.54, 1.807) is 19.9 Å². The number of anilines is 1. The monoisotopic (exact) mass is 288 g/mol. The molecule has 1 aromatic heterocycles. The van der Waals surface area contributed by atoms with E-state index < -0.39 is 4.92 Å². The fraction of sp³-hybridized carbons (Fsp3) is 0.286. The zero-order valence-electron chi connectivity index (χ0n) is 12.1. The fourth-order valence-corrected chi connectivity index (χ4v) is 2.14. The smallest absolute Gasteiger partial charge is 0.312 e. The maximum absolute atomic E-state index is 12.0. The highest BCUT2D eigenvalue weighted by Crippen LogP contribution is 2.21. The molecule has 1 aromatic carbocycles. The van der Waals surface area contributed by atoms with Gasteiger partial charge in [-0.3, -0.25) is 19.6 Å². The van der Waals surface area contributed by atoms with E-state index in [0.29, 0.717) is 11.4 Å². The number of carbonyl (C=O) groups is 1. The Morgan fingerprint density at radius 1 is 1.33 bits per heavy atom. The summed E-state index contributed by atoms with van der Waals surface area (Å²) in [6.07, 6.45) is 0. The van der Waals surface area contributed by atoms with Crippen molar-refractivity contribution in [2.45, 2.75) is 27.3 Å². The van der Waals surface area contributed by atoms with Gasteiger partial charge in [0.15, 0.2) is 0 Å². The molecule has 0 saturated carbocycles. The van der Waals surface area contributed by atoms with Crippen LogP contribution >= 0.6 is 0 Å². The number of aromatic nitrogens is 2. The summed E-state index contributed by atoms with van der Waals surface area (Å²) in [5, 5.41) is 17.8. The molecule has 0 aliphatic heterocycles. The lowest BCUT2D eigenvalue weighted by Gasteiger charge is -2.08. The number of nitro groups is 1. The number of rotatable bonds is 4. The zero-order chi connectivity index (χ0) is 15.6. The highest BCUT2D eigenvalue weighted by atomic mass is 16.6. The van der Waals surface area contributed by atoms with Gasteiger partial charge >= 0.3 is 5.69 Å². The number of amides is 1. The van der Waals surface area contributed by atoms with Crippen LogP contribution in [0.4, 0.5) is 11.4 Å². The lowest BCUT2D eigenvalue weighted by Crippen LogP contribution is -2.20. The van der Waals surface area contributed by atoms with Crippen molar-refractivity contribution in [2.75, 3.05) is 5.32 Å². The molecule has 0 radical (unpaired) electrons. The van der Waals surface area contributed by atoms with Crippen LogP contribution in [0.15, 0.2) is 24.3 Å². The van der Waals surface area contributed by atoms with Gasteiger partial charge in [0.1, 0.15) is 17.9 Å². The number of carbonyl (C=O) groups excluding carboxylic acids is 1. The van der Waals surface area contributed by atoms with Crippen LogP contribution in [0.3, 0.4) is 0 Å². The standard InChI is InChI=1S/C14H16N4O3/c1-9-6-4-5-7-12(9)15-13(19)8-17-11(3)14(18(20)21)10(2)16-17/h4-7H,8H2,1-3H3,(H,15,19). The maximum atomic E-state index is 12.0. The van der Waals surface area contributed by atoms with Gasteiger partial charge in [-0.25, -0.2) is 0 Å². The molecule has 0 atom stereocenters. The molecule has 0 bridgehead atoms. The molecule has 0 saturated heterocycles. The van der Waals surface area contributed by atoms with E-state index in [4.69, 9.17) is 0 Å². The van der Waals surface area contributed by atoms with Crippen LogP contribution in [-0.4, -0.2) is 20.6 Å². The van der Waals surface area contributed by atoms with Crippen LogP contribution in [-0.2, 0) is 11.3 Å². The minimum Gasteiger partial charge on any atom is -0.324 e. The summed E-state index contributed by atoms with van der Waals surface area (Å²) in [5.41, 5.74) is 2.31. The van der Waals surface area contributed by atoms with Crippen molar-refractivity contribution in [3.05, 3.63) is 51.3 Å². The minimum absolute atomic E-state index is 0.0429. The molecule has 7 heteroatoms. The average Bonchev–Trinajstić information content (AvgIpc) is 2.67. The third-order valence-corrected chi connectivity index (χ3v) is 3.24. The summed E-state index contributed by atoms with van der Waals surface area (Å²) in [7, 11) is 0. The quantitative estimate of drug-likeness (QED) is 0.690. The van der Waals surface area contributed by atoms with E-state index in [0.717, 1.165) is 11.3 Å². The molecular formula is C14H16N4O3. The Labute approximate surface area is 121 Å². The van der Waals surface area contributed by atoms with Gasteiger partial charge in [0.2, 0.25) is 5.91 Å². The maximum Gasteiger partial charge on any atom is 0.312 e. The molecule has 2 aromatic rings. The van der Waals surface area contributed by atoms with Gasteiger partial charge < -0.3 is 5.32 Å². The molecule has 110 valence electrons. The fourth-order valence-electron chi connectivity index (χ4n) is 2.14. The van der Waals surface area contributed by atoms with E-state index in [1.165, 1.54) is 4.68 Å². The third kappa shape index (κ3) is 3.07. The second-order valence-electron chi connectivity index (χ2n) is 4.80. The molecule has 7 nitrogen and oxygen atoms in total. The topological polar surface area (TPSA) is 90.1 Å². The summed E-state index contributed by atoms with van der Waals surface area (Å²) in [4.78, 5) is 22.5. The van der Waals surface area contributed by atoms with Crippen LogP contribution in [0.5, 0.6) is 0 Å². The summed E-state index contributed by atoms with van der Waals surface area (Å²) < 4.78 is 1.35. The average molecular weight is 288 g/mol. The highest BCUT2D eigenvalue weighted by Gasteiger charge is 2.22. The minimum atomic E-state index is -0.479. The number of hydrogen-bond donors (Lipinski definition) is 1. The Morgan fingerprint density at radius 2 is 2.00 bits per heavy atom. The number of benzene rings is 1. The van der Waals surface area contributed by atoms with E-state index in [1.807, 2.05) is 25.1 Å². The Hall–Kier alpha value is -2.70. The summed E-state index contributed by atoms with van der Waals surface area (Å²) >= 11 is 0. The Kier molecular flexibility index (Phi) is 4.02. The van der Waals surface area contributed by atoms with Gasteiger partial charge in [0.05, 0.1) is 4.92 Å². The van der Waals surface area contributed by atoms with Gasteiger partial charge in [0.25, 0.3) is 0 Å². The number of aryl methyl sites for hydroxylation is 2. The van der Waals surface area contributed by atoms with Crippen LogP contribution in [0.2, 0.25) is 0 Å². The second-order valence-corrected chi connectivity index (χ2v) is 4.80. The summed E-state index contributed by atoms with van der Waals surface area (Å²) in [6.45, 7) is 4.97. The SMILES string of the molecule is Cc1ccccc1NC(=O)Cn1nc(C)c([N+](=O)[O-])c1C. The van der Waals surface area contributed by atoms with Crippen molar-refractivity contribution < 1.29 is 9.72 Å². The van der Waals surface area contributed by atoms with Crippen molar-refractivity contribution in [3.63, 3.8) is 0 Å². The molecule has 1 N–H and O–H groups in total. The van der Waals surface area contributed by atoms with Crippen LogP contribution in [0, 0.1) is 30.9 Å². The first-order valence-electron chi connectivity index (χ1n) is 6.44. The largest absolute Gasteiger partial charge is 0.324 e. The van der Waals surface area contributed by atoms with E-state index in [-0.39, 0.29) is 18.1 Å². The first-order chi connectivity index (χ1) is 9.90. The number of para-hydroxylation sites is 1. The summed E-state index contributed by atoms with van der Waals surface area (Å²) in [6, 6.07) is 7.41. The predicted octanol–water partition coefficient (Wildman–Crippen LogP) is 2.36. The molecular weight excluding hydrogens is 272 g/mol. The Morgan fingerprint density at radius 3 is 2.57 bits per heavy atom. The zero-order valence-corrected chi connectivity index (χ0v) is 12.1.